The Balaban J connectivity index is 2.15. The highest BCUT2D eigenvalue weighted by Crippen LogP contribution is 2.24. The highest BCUT2D eigenvalue weighted by Gasteiger charge is 2.36. The van der Waals surface area contributed by atoms with Crippen molar-refractivity contribution in [1.29, 1.82) is 0 Å². The Morgan fingerprint density at radius 2 is 2.00 bits per heavy atom. The molecule has 1 aliphatic heterocycles. The molecule has 1 amide bonds. The van der Waals surface area contributed by atoms with Crippen LogP contribution < -0.4 is 0 Å². The second kappa shape index (κ2) is 6.43. The molecule has 7 nitrogen and oxygen atoms in total. The monoisotopic (exact) mass is 341 g/mol. The number of hydrogen-bond acceptors (Lipinski definition) is 6. The van der Waals surface area contributed by atoms with Crippen molar-refractivity contribution in [2.75, 3.05) is 12.3 Å². The van der Waals surface area contributed by atoms with E-state index in [9.17, 15) is 13.2 Å². The molecule has 2 rings (SSSR count). The number of aromatic nitrogens is 2. The number of amides is 1. The number of hydrogen-bond donors (Lipinski definition) is 0. The van der Waals surface area contributed by atoms with Gasteiger partial charge in [-0.3, -0.25) is 4.98 Å². The first kappa shape index (κ1) is 17.7. The molecular weight excluding hydrogens is 318 g/mol. The van der Waals surface area contributed by atoms with E-state index in [1.165, 1.54) is 17.3 Å². The largest absolute Gasteiger partial charge is 0.444 e. The van der Waals surface area contributed by atoms with Gasteiger partial charge in [0.1, 0.15) is 5.60 Å². The number of rotatable bonds is 3. The van der Waals surface area contributed by atoms with Crippen molar-refractivity contribution < 1.29 is 17.9 Å². The molecule has 1 saturated heterocycles. The Morgan fingerprint density at radius 3 is 2.61 bits per heavy atom. The molecule has 0 aromatic carbocycles. The van der Waals surface area contributed by atoms with Gasteiger partial charge in [0.15, 0.2) is 14.9 Å². The molecule has 0 saturated carbocycles. The first-order valence-electron chi connectivity index (χ1n) is 7.60. The van der Waals surface area contributed by atoms with E-state index in [1.54, 1.807) is 27.7 Å². The lowest BCUT2D eigenvalue weighted by atomic mass is 10.2. The minimum atomic E-state index is -3.61. The molecule has 2 heterocycles. The normalized spacial score (nSPS) is 19.0. The molecule has 0 radical (unpaired) electrons. The maximum atomic E-state index is 12.6. The molecule has 1 atom stereocenters. The van der Waals surface area contributed by atoms with Gasteiger partial charge in [-0.2, -0.15) is 0 Å². The maximum absolute atomic E-state index is 12.6. The van der Waals surface area contributed by atoms with Gasteiger partial charge in [0, 0.05) is 25.0 Å². The quantitative estimate of drug-likeness (QED) is 0.835. The average Bonchev–Trinajstić information content (AvgIpc) is 2.84. The summed E-state index contributed by atoms with van der Waals surface area (Å²) in [6, 6.07) is -0.392. The predicted octanol–water partition coefficient (Wildman–Crippen LogP) is 1.96. The van der Waals surface area contributed by atoms with Gasteiger partial charge in [0.2, 0.25) is 0 Å². The van der Waals surface area contributed by atoms with E-state index in [1.807, 2.05) is 0 Å². The Kier molecular flexibility index (Phi) is 4.93. The summed E-state index contributed by atoms with van der Waals surface area (Å²) in [7, 11) is -3.61. The van der Waals surface area contributed by atoms with E-state index in [2.05, 4.69) is 9.97 Å². The number of carbonyl (C=O) groups excluding carboxylic acids is 1. The molecule has 0 unspecified atom stereocenters. The first-order chi connectivity index (χ1) is 10.6. The molecule has 8 heteroatoms. The van der Waals surface area contributed by atoms with Gasteiger partial charge in [-0.25, -0.2) is 18.2 Å². The van der Waals surface area contributed by atoms with Crippen LogP contribution in [0.2, 0.25) is 0 Å². The number of nitrogens with zero attached hydrogens (tertiary/aromatic N) is 3. The second-order valence-electron chi connectivity index (χ2n) is 6.70. The number of aryl methyl sites for hydroxylation is 1. The molecule has 23 heavy (non-hydrogen) atoms. The minimum absolute atomic E-state index is 0.0176. The van der Waals surface area contributed by atoms with Gasteiger partial charge in [-0.15, -0.1) is 0 Å². The Labute approximate surface area is 137 Å². The van der Waals surface area contributed by atoms with E-state index in [-0.39, 0.29) is 10.8 Å². The first-order valence-corrected chi connectivity index (χ1v) is 9.25. The summed E-state index contributed by atoms with van der Waals surface area (Å²) in [5, 5.41) is -0.0176. The Hall–Kier alpha value is -1.70. The highest BCUT2D eigenvalue weighted by atomic mass is 32.2. The molecule has 128 valence electrons. The van der Waals surface area contributed by atoms with Crippen molar-refractivity contribution in [3.8, 4) is 0 Å². The SMILES string of the molecule is Cc1nccnc1S(=O)(=O)C[C@H]1CCCN1C(=O)OC(C)(C)C. The van der Waals surface area contributed by atoms with E-state index in [0.717, 1.165) is 6.42 Å². The summed E-state index contributed by atoms with van der Waals surface area (Å²) < 4.78 is 30.5. The molecule has 0 aliphatic carbocycles. The van der Waals surface area contributed by atoms with Crippen LogP contribution >= 0.6 is 0 Å². The Morgan fingerprint density at radius 1 is 1.35 bits per heavy atom. The zero-order valence-corrected chi connectivity index (χ0v) is 14.8. The third kappa shape index (κ3) is 4.40. The van der Waals surface area contributed by atoms with Crippen LogP contribution in [0, 0.1) is 6.92 Å². The molecule has 1 aromatic heterocycles. The van der Waals surface area contributed by atoms with Gasteiger partial charge < -0.3 is 9.64 Å². The number of likely N-dealkylation sites (tertiary alicyclic amines) is 1. The zero-order chi connectivity index (χ0) is 17.3. The smallest absolute Gasteiger partial charge is 0.410 e. The topological polar surface area (TPSA) is 89.5 Å². The molecule has 0 bridgehead atoms. The molecule has 0 N–H and O–H groups in total. The van der Waals surface area contributed by atoms with Crippen LogP contribution in [0.25, 0.3) is 0 Å². The number of ether oxygens (including phenoxy) is 1. The lowest BCUT2D eigenvalue weighted by Crippen LogP contribution is -2.42. The fourth-order valence-electron chi connectivity index (χ4n) is 2.60. The highest BCUT2D eigenvalue weighted by molar-refractivity contribution is 7.91. The van der Waals surface area contributed by atoms with E-state index < -0.39 is 27.6 Å². The van der Waals surface area contributed by atoms with Crippen molar-refractivity contribution in [2.24, 2.45) is 0 Å². The maximum Gasteiger partial charge on any atom is 0.410 e. The van der Waals surface area contributed by atoms with Crippen molar-refractivity contribution in [3.63, 3.8) is 0 Å². The molecule has 1 fully saturated rings. The summed E-state index contributed by atoms with van der Waals surface area (Å²) in [6.07, 6.45) is 3.75. The van der Waals surface area contributed by atoms with E-state index >= 15 is 0 Å². The summed E-state index contributed by atoms with van der Waals surface area (Å²) in [5.74, 6) is -0.161. The molecule has 1 aliphatic rings. The lowest BCUT2D eigenvalue weighted by molar-refractivity contribution is 0.0241. The predicted molar refractivity (Wildman–Crippen MR) is 84.8 cm³/mol. The third-order valence-electron chi connectivity index (χ3n) is 3.55. The van der Waals surface area contributed by atoms with Gasteiger partial charge in [0.25, 0.3) is 0 Å². The zero-order valence-electron chi connectivity index (χ0n) is 13.9. The van der Waals surface area contributed by atoms with Crippen LogP contribution in [-0.4, -0.2) is 53.3 Å². The van der Waals surface area contributed by atoms with Crippen LogP contribution in [0.15, 0.2) is 17.4 Å². The number of sulfone groups is 1. The van der Waals surface area contributed by atoms with Crippen LogP contribution in [-0.2, 0) is 14.6 Å². The number of carbonyl (C=O) groups is 1. The van der Waals surface area contributed by atoms with Crippen molar-refractivity contribution in [1.82, 2.24) is 14.9 Å². The molecule has 1 aromatic rings. The van der Waals surface area contributed by atoms with Gasteiger partial charge in [-0.05, 0) is 40.5 Å². The summed E-state index contributed by atoms with van der Waals surface area (Å²) >= 11 is 0. The summed E-state index contributed by atoms with van der Waals surface area (Å²) in [6.45, 7) is 7.48. The van der Waals surface area contributed by atoms with Crippen LogP contribution in [0.4, 0.5) is 4.79 Å². The minimum Gasteiger partial charge on any atom is -0.444 e. The van der Waals surface area contributed by atoms with Crippen molar-refractivity contribution in [3.05, 3.63) is 18.1 Å². The standard InChI is InChI=1S/C15H23N3O4S/c1-11-13(17-8-7-16-11)23(20,21)10-12-6-5-9-18(12)14(19)22-15(2,3)4/h7-8,12H,5-6,9-10H2,1-4H3/t12-/m1/s1. The van der Waals surface area contributed by atoms with Gasteiger partial charge >= 0.3 is 6.09 Å². The lowest BCUT2D eigenvalue weighted by Gasteiger charge is -2.28. The van der Waals surface area contributed by atoms with E-state index in [0.29, 0.717) is 18.7 Å². The van der Waals surface area contributed by atoms with Crippen LogP contribution in [0.5, 0.6) is 0 Å². The summed E-state index contributed by atoms with van der Waals surface area (Å²) in [4.78, 5) is 21.7. The van der Waals surface area contributed by atoms with Crippen LogP contribution in [0.1, 0.15) is 39.3 Å². The molecular formula is C15H23N3O4S. The van der Waals surface area contributed by atoms with Crippen molar-refractivity contribution >= 4 is 15.9 Å². The molecule has 0 spiro atoms. The van der Waals surface area contributed by atoms with Gasteiger partial charge in [0.05, 0.1) is 11.4 Å². The van der Waals surface area contributed by atoms with Crippen molar-refractivity contribution in [2.45, 2.75) is 57.2 Å². The third-order valence-corrected chi connectivity index (χ3v) is 5.36. The van der Waals surface area contributed by atoms with Gasteiger partial charge in [-0.1, -0.05) is 0 Å². The van der Waals surface area contributed by atoms with Crippen LogP contribution in [0.3, 0.4) is 0 Å². The second-order valence-corrected chi connectivity index (χ2v) is 8.65. The fourth-order valence-corrected chi connectivity index (χ4v) is 4.34. The summed E-state index contributed by atoms with van der Waals surface area (Å²) in [5.41, 5.74) is -0.237. The average molecular weight is 341 g/mol. The Bertz CT molecular complexity index is 682. The van der Waals surface area contributed by atoms with E-state index in [4.69, 9.17) is 4.74 Å². The fraction of sp³-hybridized carbons (Fsp3) is 0.667.